The minimum Gasteiger partial charge on any atom is -0.497 e. The largest absolute Gasteiger partial charge is 0.497 e. The van der Waals surface area contributed by atoms with E-state index in [1.54, 1.807) is 14.2 Å². The molecule has 0 spiro atoms. The molecule has 0 aliphatic carbocycles. The maximum atomic E-state index is 13.1. The monoisotopic (exact) mass is 384 g/mol. The van der Waals surface area contributed by atoms with Crippen LogP contribution in [0.1, 0.15) is 10.4 Å². The number of para-hydroxylation sites is 1. The Kier molecular flexibility index (Phi) is 5.12. The first-order valence-corrected chi connectivity index (χ1v) is 9.17. The van der Waals surface area contributed by atoms with Crippen LogP contribution in [-0.4, -0.2) is 25.1 Å². The van der Waals surface area contributed by atoms with Crippen molar-refractivity contribution in [2.24, 2.45) is 0 Å². The van der Waals surface area contributed by atoms with E-state index < -0.39 is 0 Å². The molecule has 1 aromatic heterocycles. The first-order chi connectivity index (χ1) is 14.2. The predicted octanol–water partition coefficient (Wildman–Crippen LogP) is 5.17. The van der Waals surface area contributed by atoms with Crippen LogP contribution in [0.25, 0.3) is 22.2 Å². The van der Waals surface area contributed by atoms with Crippen LogP contribution in [0.3, 0.4) is 0 Å². The summed E-state index contributed by atoms with van der Waals surface area (Å²) in [5.74, 6) is 1.28. The molecule has 4 rings (SSSR count). The van der Waals surface area contributed by atoms with E-state index in [2.05, 4.69) is 5.32 Å². The molecule has 1 heterocycles. The number of ether oxygens (including phenoxy) is 2. The SMILES string of the molecule is COc1ccc(NC(=O)c2cc(-c3cccc(OC)c3)nc3ccccc23)cc1. The zero-order valence-corrected chi connectivity index (χ0v) is 16.2. The molecule has 0 radical (unpaired) electrons. The lowest BCUT2D eigenvalue weighted by Crippen LogP contribution is -2.13. The second kappa shape index (κ2) is 8.02. The number of benzene rings is 3. The quantitative estimate of drug-likeness (QED) is 0.516. The molecule has 1 amide bonds. The number of fused-ring (bicyclic) bond motifs is 1. The third kappa shape index (κ3) is 3.89. The summed E-state index contributed by atoms with van der Waals surface area (Å²) in [6.45, 7) is 0. The van der Waals surface area contributed by atoms with E-state index in [1.807, 2.05) is 78.9 Å². The standard InChI is InChI=1S/C24H20N2O3/c1-28-18-12-10-17(11-13-18)25-24(27)21-15-23(16-6-5-7-19(14-16)29-2)26-22-9-4-3-8-20(21)22/h3-15H,1-2H3,(H,25,27). The fourth-order valence-corrected chi connectivity index (χ4v) is 3.17. The highest BCUT2D eigenvalue weighted by Crippen LogP contribution is 2.28. The van der Waals surface area contributed by atoms with Crippen molar-refractivity contribution in [3.63, 3.8) is 0 Å². The molecule has 3 aromatic carbocycles. The number of nitrogens with one attached hydrogen (secondary N) is 1. The summed E-state index contributed by atoms with van der Waals surface area (Å²) >= 11 is 0. The van der Waals surface area contributed by atoms with Crippen LogP contribution in [-0.2, 0) is 0 Å². The smallest absolute Gasteiger partial charge is 0.256 e. The lowest BCUT2D eigenvalue weighted by atomic mass is 10.0. The summed E-state index contributed by atoms with van der Waals surface area (Å²) in [5.41, 5.74) is 3.60. The summed E-state index contributed by atoms with van der Waals surface area (Å²) in [4.78, 5) is 17.8. The van der Waals surface area contributed by atoms with Crippen LogP contribution in [0.15, 0.2) is 78.9 Å². The van der Waals surface area contributed by atoms with Crippen molar-refractivity contribution in [3.05, 3.63) is 84.4 Å². The van der Waals surface area contributed by atoms with Crippen molar-refractivity contribution >= 4 is 22.5 Å². The number of amides is 1. The number of methoxy groups -OCH3 is 2. The summed E-state index contributed by atoms with van der Waals surface area (Å²) in [5, 5.41) is 3.75. The van der Waals surface area contributed by atoms with Gasteiger partial charge >= 0.3 is 0 Å². The molecule has 0 saturated heterocycles. The van der Waals surface area contributed by atoms with Crippen molar-refractivity contribution < 1.29 is 14.3 Å². The average molecular weight is 384 g/mol. The van der Waals surface area contributed by atoms with Gasteiger partial charge in [0.25, 0.3) is 5.91 Å². The number of hydrogen-bond donors (Lipinski definition) is 1. The highest BCUT2D eigenvalue weighted by atomic mass is 16.5. The molecule has 0 saturated carbocycles. The van der Waals surface area contributed by atoms with Gasteiger partial charge in [-0.1, -0.05) is 30.3 Å². The Hall–Kier alpha value is -3.86. The highest BCUT2D eigenvalue weighted by molar-refractivity contribution is 6.13. The molecular weight excluding hydrogens is 364 g/mol. The zero-order valence-electron chi connectivity index (χ0n) is 16.2. The summed E-state index contributed by atoms with van der Waals surface area (Å²) in [6.07, 6.45) is 0. The van der Waals surface area contributed by atoms with Crippen LogP contribution in [0, 0.1) is 0 Å². The molecule has 29 heavy (non-hydrogen) atoms. The summed E-state index contributed by atoms with van der Waals surface area (Å²) in [7, 11) is 3.23. The van der Waals surface area contributed by atoms with E-state index in [1.165, 1.54) is 0 Å². The third-order valence-electron chi connectivity index (χ3n) is 4.67. The number of anilines is 1. The van der Waals surface area contributed by atoms with Crippen molar-refractivity contribution in [2.75, 3.05) is 19.5 Å². The van der Waals surface area contributed by atoms with Gasteiger partial charge in [0.1, 0.15) is 11.5 Å². The Morgan fingerprint density at radius 2 is 1.59 bits per heavy atom. The van der Waals surface area contributed by atoms with E-state index in [-0.39, 0.29) is 5.91 Å². The second-order valence-electron chi connectivity index (χ2n) is 6.49. The normalized spacial score (nSPS) is 10.6. The number of hydrogen-bond acceptors (Lipinski definition) is 4. The molecule has 4 aromatic rings. The molecular formula is C24H20N2O3. The number of nitrogens with zero attached hydrogens (tertiary/aromatic N) is 1. The number of carbonyl (C=O) groups excluding carboxylic acids is 1. The first kappa shape index (κ1) is 18.5. The van der Waals surface area contributed by atoms with Crippen LogP contribution in [0.2, 0.25) is 0 Å². The molecule has 0 bridgehead atoms. The molecule has 0 fully saturated rings. The van der Waals surface area contributed by atoms with Crippen LogP contribution >= 0.6 is 0 Å². The topological polar surface area (TPSA) is 60.5 Å². The van der Waals surface area contributed by atoms with E-state index in [4.69, 9.17) is 14.5 Å². The number of rotatable bonds is 5. The minimum atomic E-state index is -0.196. The van der Waals surface area contributed by atoms with E-state index in [0.717, 1.165) is 28.0 Å². The van der Waals surface area contributed by atoms with Crippen LogP contribution in [0.4, 0.5) is 5.69 Å². The van der Waals surface area contributed by atoms with Gasteiger partial charge in [-0.2, -0.15) is 0 Å². The molecule has 0 aliphatic rings. The fourth-order valence-electron chi connectivity index (χ4n) is 3.17. The minimum absolute atomic E-state index is 0.196. The summed E-state index contributed by atoms with van der Waals surface area (Å²) in [6, 6.07) is 24.3. The Morgan fingerprint density at radius 1 is 0.828 bits per heavy atom. The molecule has 0 aliphatic heterocycles. The Morgan fingerprint density at radius 3 is 2.34 bits per heavy atom. The molecule has 0 unspecified atom stereocenters. The number of aromatic nitrogens is 1. The van der Waals surface area contributed by atoms with Gasteiger partial charge in [0.15, 0.2) is 0 Å². The van der Waals surface area contributed by atoms with Crippen molar-refractivity contribution in [2.45, 2.75) is 0 Å². The van der Waals surface area contributed by atoms with Gasteiger partial charge < -0.3 is 14.8 Å². The van der Waals surface area contributed by atoms with Crippen molar-refractivity contribution in [3.8, 4) is 22.8 Å². The lowest BCUT2D eigenvalue weighted by molar-refractivity contribution is 0.102. The fraction of sp³-hybridized carbons (Fsp3) is 0.0833. The van der Waals surface area contributed by atoms with Gasteiger partial charge in [-0.25, -0.2) is 4.98 Å². The van der Waals surface area contributed by atoms with Gasteiger partial charge in [0.2, 0.25) is 0 Å². The lowest BCUT2D eigenvalue weighted by Gasteiger charge is -2.11. The summed E-state index contributed by atoms with van der Waals surface area (Å²) < 4.78 is 10.5. The average Bonchev–Trinajstić information content (AvgIpc) is 2.78. The van der Waals surface area contributed by atoms with Gasteiger partial charge in [0.05, 0.1) is 31.0 Å². The number of pyridine rings is 1. The van der Waals surface area contributed by atoms with Crippen molar-refractivity contribution in [1.82, 2.24) is 4.98 Å². The van der Waals surface area contributed by atoms with Crippen LogP contribution < -0.4 is 14.8 Å². The van der Waals surface area contributed by atoms with Crippen LogP contribution in [0.5, 0.6) is 11.5 Å². The third-order valence-corrected chi connectivity index (χ3v) is 4.67. The Bertz CT molecular complexity index is 1170. The molecule has 144 valence electrons. The van der Waals surface area contributed by atoms with Gasteiger partial charge in [-0.05, 0) is 48.5 Å². The number of carbonyl (C=O) groups is 1. The van der Waals surface area contributed by atoms with Gasteiger partial charge in [0, 0.05) is 16.6 Å². The first-order valence-electron chi connectivity index (χ1n) is 9.17. The van der Waals surface area contributed by atoms with E-state index >= 15 is 0 Å². The van der Waals surface area contributed by atoms with Gasteiger partial charge in [-0.15, -0.1) is 0 Å². The van der Waals surface area contributed by atoms with Gasteiger partial charge in [-0.3, -0.25) is 4.79 Å². The van der Waals surface area contributed by atoms with E-state index in [0.29, 0.717) is 16.9 Å². The molecule has 0 atom stereocenters. The molecule has 5 heteroatoms. The molecule has 5 nitrogen and oxygen atoms in total. The van der Waals surface area contributed by atoms with Crippen molar-refractivity contribution in [1.29, 1.82) is 0 Å². The maximum absolute atomic E-state index is 13.1. The predicted molar refractivity (Wildman–Crippen MR) is 115 cm³/mol. The van der Waals surface area contributed by atoms with E-state index in [9.17, 15) is 4.79 Å². The highest BCUT2D eigenvalue weighted by Gasteiger charge is 2.14. The Balaban J connectivity index is 1.76. The molecule has 1 N–H and O–H groups in total. The zero-order chi connectivity index (χ0) is 20.2. The Labute approximate surface area is 168 Å². The second-order valence-corrected chi connectivity index (χ2v) is 6.49. The maximum Gasteiger partial charge on any atom is 0.256 e.